The first-order valence-corrected chi connectivity index (χ1v) is 12.5. The van der Waals surface area contributed by atoms with Crippen LogP contribution in [0.3, 0.4) is 0 Å². The van der Waals surface area contributed by atoms with Gasteiger partial charge in [0.25, 0.3) is 0 Å². The fraction of sp³-hybridized carbons (Fsp3) is 0. The van der Waals surface area contributed by atoms with Gasteiger partial charge in [-0.1, -0.05) is 42.5 Å². The number of phenols is 1. The molecule has 0 aliphatic heterocycles. The van der Waals surface area contributed by atoms with Crippen LogP contribution in [-0.2, 0) is 26.1 Å². The molecule has 5 nitrogen and oxygen atoms in total. The van der Waals surface area contributed by atoms with E-state index < -0.39 is 11.9 Å². The molecule has 0 unspecified atom stereocenters. The zero-order chi connectivity index (χ0) is 22.8. The minimum atomic E-state index is -0.766. The molecule has 0 saturated carbocycles. The van der Waals surface area contributed by atoms with Crippen molar-refractivity contribution in [3.63, 3.8) is 0 Å². The number of carbonyl (C=O) groups is 2. The van der Waals surface area contributed by atoms with Gasteiger partial charge in [0.1, 0.15) is 28.4 Å². The number of hydrogen-bond acceptors (Lipinski definition) is 5. The third-order valence-electron chi connectivity index (χ3n) is 4.23. The van der Waals surface area contributed by atoms with Crippen molar-refractivity contribution in [2.75, 3.05) is 0 Å². The van der Waals surface area contributed by atoms with Crippen LogP contribution >= 0.6 is 0 Å². The molecule has 0 amide bonds. The van der Waals surface area contributed by atoms with Crippen molar-refractivity contribution in [1.82, 2.24) is 0 Å². The Kier molecular flexibility index (Phi) is 8.57. The zero-order valence-corrected chi connectivity index (χ0v) is 22.7. The molecule has 0 fully saturated rings. The van der Waals surface area contributed by atoms with Crippen molar-refractivity contribution in [1.29, 1.82) is 0 Å². The fourth-order valence-electron chi connectivity index (χ4n) is 2.65. The van der Waals surface area contributed by atoms with Crippen LogP contribution < -0.4 is 12.5 Å². The normalized spacial score (nSPS) is 9.81. The van der Waals surface area contributed by atoms with E-state index in [2.05, 4.69) is 30.3 Å². The zero-order valence-electron chi connectivity index (χ0n) is 17.2. The van der Waals surface area contributed by atoms with Crippen molar-refractivity contribution in [2.24, 2.45) is 0 Å². The second kappa shape index (κ2) is 11.8. The molecule has 0 aliphatic rings. The van der Waals surface area contributed by atoms with Crippen LogP contribution in [0.1, 0.15) is 20.7 Å². The van der Waals surface area contributed by atoms with Gasteiger partial charge in [-0.2, -0.15) is 0 Å². The van der Waals surface area contributed by atoms with Crippen LogP contribution in [0.25, 0.3) is 0 Å². The number of aromatic hydroxyl groups is 1. The number of benzene rings is 4. The summed E-state index contributed by atoms with van der Waals surface area (Å²) in [5, 5.41) is 9.74. The summed E-state index contributed by atoms with van der Waals surface area (Å²) in [4.78, 5) is 24.6. The molecule has 4 aromatic rings. The van der Waals surface area contributed by atoms with Crippen molar-refractivity contribution >= 4 is 15.0 Å². The third-order valence-corrected chi connectivity index (χ3v) is 6.06. The Morgan fingerprint density at radius 1 is 0.594 bits per heavy atom. The van der Waals surface area contributed by atoms with Crippen molar-refractivity contribution in [2.45, 2.75) is 0 Å². The van der Waals surface area contributed by atoms with E-state index >= 15 is 0 Å². The molecule has 0 radical (unpaired) electrons. The third kappa shape index (κ3) is 6.79. The number of esters is 2. The van der Waals surface area contributed by atoms with E-state index in [-0.39, 0.29) is 22.6 Å². The number of ether oxygens (including phenoxy) is 2. The maximum absolute atomic E-state index is 12.4. The predicted octanol–water partition coefficient (Wildman–Crippen LogP) is 4.69. The average Bonchev–Trinajstić information content (AvgIpc) is 2.81. The summed E-state index contributed by atoms with van der Waals surface area (Å²) >= 11 is 0.810. The van der Waals surface area contributed by atoms with Crippen molar-refractivity contribution in [3.8, 4) is 17.2 Å². The molecule has 155 valence electrons. The van der Waals surface area contributed by atoms with Gasteiger partial charge in [-0.3, -0.25) is 0 Å². The molecule has 0 saturated heterocycles. The molecule has 32 heavy (non-hydrogen) atoms. The standard InChI is InChI=1S/C20H14O5.C6H5.Hg/c21-17-12-6-4-10-15(17)19(22)25-18-13-7-5-11-16(18)20(23)24-14-8-2-1-3-9-14;1-2-4-6-5-3-1;/h1-13,21H;1-5H;. The van der Waals surface area contributed by atoms with E-state index in [1.807, 2.05) is 0 Å². The second-order valence-corrected chi connectivity index (χ2v) is 9.77. The van der Waals surface area contributed by atoms with E-state index in [1.54, 1.807) is 54.6 Å². The summed E-state index contributed by atoms with van der Waals surface area (Å²) in [6.45, 7) is 0. The molecule has 0 heterocycles. The van der Waals surface area contributed by atoms with E-state index in [4.69, 9.17) is 9.47 Å². The predicted molar refractivity (Wildman–Crippen MR) is 117 cm³/mol. The molecule has 1 N–H and O–H groups in total. The minimum absolute atomic E-state index is 0.00808. The first-order valence-electron chi connectivity index (χ1n) is 9.78. The van der Waals surface area contributed by atoms with Crippen LogP contribution in [0.4, 0.5) is 0 Å². The first kappa shape index (κ1) is 23.2. The Labute approximate surface area is 202 Å². The van der Waals surface area contributed by atoms with E-state index in [0.29, 0.717) is 5.75 Å². The summed E-state index contributed by atoms with van der Waals surface area (Å²) < 4.78 is 12.1. The first-order chi connectivity index (χ1) is 15.5. The van der Waals surface area contributed by atoms with Crippen LogP contribution in [0.5, 0.6) is 17.2 Å². The number of para-hydroxylation sites is 3. The molecule has 4 aromatic carbocycles. The van der Waals surface area contributed by atoms with Gasteiger partial charge in [0, 0.05) is 0 Å². The fourth-order valence-corrected chi connectivity index (χ4v) is 3.71. The van der Waals surface area contributed by atoms with Gasteiger partial charge in [-0.25, -0.2) is 9.59 Å². The molecule has 0 aromatic heterocycles. The van der Waals surface area contributed by atoms with Gasteiger partial charge in [0.05, 0.1) is 0 Å². The summed E-state index contributed by atoms with van der Waals surface area (Å²) in [6, 6.07) is 31.4. The molecular weight excluding hydrogens is 593 g/mol. The molecular formula is C26H19HgO5. The topological polar surface area (TPSA) is 72.8 Å². The van der Waals surface area contributed by atoms with Gasteiger partial charge < -0.3 is 14.6 Å². The number of hydrogen-bond donors (Lipinski definition) is 1. The monoisotopic (exact) mass is 613 g/mol. The van der Waals surface area contributed by atoms with Crippen molar-refractivity contribution in [3.05, 3.63) is 120 Å². The SMILES string of the molecule is O=C(Oc1ccccc1C(=O)Oc1ccccc1)c1ccccc1O.[Hg][c]1ccccc1. The maximum atomic E-state index is 12.4. The van der Waals surface area contributed by atoms with Gasteiger partial charge in [0.2, 0.25) is 0 Å². The average molecular weight is 612 g/mol. The Hall–Kier alpha value is -3.44. The Morgan fingerprint density at radius 2 is 1.09 bits per heavy atom. The van der Waals surface area contributed by atoms with Crippen LogP contribution in [0.2, 0.25) is 0 Å². The number of carbonyl (C=O) groups excluding carboxylic acids is 2. The Balaban J connectivity index is 0.000000352. The summed E-state index contributed by atoms with van der Waals surface area (Å²) in [5.41, 5.74) is 0.115. The molecule has 6 heteroatoms. The van der Waals surface area contributed by atoms with E-state index in [1.165, 1.54) is 27.3 Å². The Morgan fingerprint density at radius 3 is 1.69 bits per heavy atom. The van der Waals surface area contributed by atoms with E-state index in [0.717, 1.165) is 26.1 Å². The van der Waals surface area contributed by atoms with Gasteiger partial charge >= 0.3 is 71.5 Å². The van der Waals surface area contributed by atoms with E-state index in [9.17, 15) is 14.7 Å². The summed E-state index contributed by atoms with van der Waals surface area (Å²) in [7, 11) is 0. The quantitative estimate of drug-likeness (QED) is 0.206. The van der Waals surface area contributed by atoms with Crippen LogP contribution in [0, 0.1) is 0 Å². The molecule has 4 rings (SSSR count). The number of rotatable bonds is 4. The van der Waals surface area contributed by atoms with Crippen LogP contribution in [-0.4, -0.2) is 17.0 Å². The van der Waals surface area contributed by atoms with Gasteiger partial charge in [0.15, 0.2) is 0 Å². The molecule has 0 atom stereocenters. The van der Waals surface area contributed by atoms with Crippen molar-refractivity contribution < 1.29 is 50.3 Å². The second-order valence-electron chi connectivity index (χ2n) is 6.59. The Bertz CT molecular complexity index is 1180. The van der Waals surface area contributed by atoms with Crippen LogP contribution in [0.15, 0.2) is 109 Å². The van der Waals surface area contributed by atoms with Gasteiger partial charge in [-0.05, 0) is 36.4 Å². The summed E-state index contributed by atoms with van der Waals surface area (Å²) in [5.74, 6) is -1.17. The number of phenolic OH excluding ortho intramolecular Hbond substituents is 1. The van der Waals surface area contributed by atoms with Gasteiger partial charge in [-0.15, -0.1) is 0 Å². The molecule has 0 aliphatic carbocycles. The summed E-state index contributed by atoms with van der Waals surface area (Å²) in [6.07, 6.45) is 0. The molecule has 0 bridgehead atoms. The molecule has 0 spiro atoms.